The molecule has 0 amide bonds. The molecule has 1 aromatic carbocycles. The smallest absolute Gasteiger partial charge is 0.320 e. The van der Waals surface area contributed by atoms with Gasteiger partial charge < -0.3 is 20.5 Å². The number of likely N-dealkylation sites (tertiary alicyclic amines) is 1. The van der Waals surface area contributed by atoms with Gasteiger partial charge in [-0.05, 0) is 100 Å². The number of nitrogens with one attached hydrogen (secondary N) is 2. The number of aryl methyl sites for hydroxylation is 1. The van der Waals surface area contributed by atoms with Crippen molar-refractivity contribution in [1.29, 1.82) is 0 Å². The molecule has 3 fully saturated rings. The summed E-state index contributed by atoms with van der Waals surface area (Å²) in [4.78, 5) is 14.8. The summed E-state index contributed by atoms with van der Waals surface area (Å²) in [5, 5.41) is 17.2. The van der Waals surface area contributed by atoms with E-state index in [1.54, 1.807) is 11.8 Å². The third-order valence-electron chi connectivity index (χ3n) is 9.53. The van der Waals surface area contributed by atoms with Gasteiger partial charge in [0.15, 0.2) is 0 Å². The SMILES string of the molecule is CSCC[C@H](NCC1(CCN2CCC[C@H]2COC2CCCCC2)CCNCC1c1ccccc1C)C(=O)O.[Li]. The van der Waals surface area contributed by atoms with Gasteiger partial charge in [-0.1, -0.05) is 43.5 Å². The molecule has 3 aliphatic rings. The van der Waals surface area contributed by atoms with Crippen LogP contribution in [0.1, 0.15) is 81.3 Å². The predicted molar refractivity (Wildman–Crippen MR) is 164 cm³/mol. The molecule has 2 aliphatic heterocycles. The number of hydrogen-bond acceptors (Lipinski definition) is 6. The minimum absolute atomic E-state index is 0. The van der Waals surface area contributed by atoms with Gasteiger partial charge >= 0.3 is 5.97 Å². The Bertz CT molecular complexity index is 871. The van der Waals surface area contributed by atoms with Gasteiger partial charge in [-0.2, -0.15) is 11.8 Å². The summed E-state index contributed by atoms with van der Waals surface area (Å²) < 4.78 is 6.43. The molecule has 0 bridgehead atoms. The number of piperidine rings is 1. The molecule has 2 unspecified atom stereocenters. The number of aliphatic carboxylic acids is 1. The van der Waals surface area contributed by atoms with Crippen molar-refractivity contribution < 1.29 is 14.6 Å². The maximum absolute atomic E-state index is 12.1. The molecule has 2 saturated heterocycles. The Hall–Kier alpha value is -0.523. The first-order valence-corrected chi connectivity index (χ1v) is 16.5. The number of carboxylic acids is 1. The topological polar surface area (TPSA) is 73.8 Å². The molecule has 8 heteroatoms. The molecular formula is C31H51LiN3O3S. The van der Waals surface area contributed by atoms with Crippen molar-refractivity contribution >= 4 is 36.6 Å². The van der Waals surface area contributed by atoms with Gasteiger partial charge in [-0.3, -0.25) is 9.69 Å². The summed E-state index contributed by atoms with van der Waals surface area (Å²) >= 11 is 1.72. The second-order valence-corrected chi connectivity index (χ2v) is 12.9. The summed E-state index contributed by atoms with van der Waals surface area (Å²) in [5.41, 5.74) is 2.76. The largest absolute Gasteiger partial charge is 0.480 e. The van der Waals surface area contributed by atoms with Crippen LogP contribution in [0, 0.1) is 12.3 Å². The van der Waals surface area contributed by atoms with Gasteiger partial charge in [-0.25, -0.2) is 0 Å². The zero-order chi connectivity index (χ0) is 26.8. The Morgan fingerprint density at radius 2 is 2.03 bits per heavy atom. The number of carboxylic acid groups (broad SMARTS) is 1. The van der Waals surface area contributed by atoms with Crippen molar-refractivity contribution in [3.05, 3.63) is 35.4 Å². The van der Waals surface area contributed by atoms with Crippen LogP contribution in [-0.2, 0) is 9.53 Å². The Kier molecular flexibility index (Phi) is 14.2. The van der Waals surface area contributed by atoms with E-state index in [1.807, 2.05) is 6.26 Å². The van der Waals surface area contributed by atoms with Crippen molar-refractivity contribution in [3.8, 4) is 0 Å². The normalized spacial score (nSPS) is 27.2. The van der Waals surface area contributed by atoms with Crippen LogP contribution in [0.2, 0.25) is 0 Å². The quantitative estimate of drug-likeness (QED) is 0.290. The van der Waals surface area contributed by atoms with Crippen LogP contribution < -0.4 is 10.6 Å². The van der Waals surface area contributed by atoms with Crippen molar-refractivity contribution in [1.82, 2.24) is 15.5 Å². The van der Waals surface area contributed by atoms with Crippen molar-refractivity contribution in [2.45, 2.75) is 95.2 Å². The van der Waals surface area contributed by atoms with Crippen LogP contribution in [0.25, 0.3) is 0 Å². The number of hydrogen-bond donors (Lipinski definition) is 3. The molecule has 6 nitrogen and oxygen atoms in total. The van der Waals surface area contributed by atoms with Crippen molar-refractivity contribution in [2.24, 2.45) is 5.41 Å². The summed E-state index contributed by atoms with van der Waals surface area (Å²) in [7, 11) is 0. The third kappa shape index (κ3) is 9.23. The molecule has 1 aromatic rings. The van der Waals surface area contributed by atoms with Crippen LogP contribution in [0.15, 0.2) is 24.3 Å². The van der Waals surface area contributed by atoms with Gasteiger partial charge in [0, 0.05) is 43.9 Å². The molecule has 0 aromatic heterocycles. The number of benzene rings is 1. The van der Waals surface area contributed by atoms with E-state index in [9.17, 15) is 9.90 Å². The van der Waals surface area contributed by atoms with Crippen LogP contribution >= 0.6 is 11.8 Å². The van der Waals surface area contributed by atoms with E-state index in [4.69, 9.17) is 4.74 Å². The van der Waals surface area contributed by atoms with Crippen LogP contribution in [0.4, 0.5) is 0 Å². The van der Waals surface area contributed by atoms with Gasteiger partial charge in [-0.15, -0.1) is 0 Å². The molecule has 1 saturated carbocycles. The Morgan fingerprint density at radius 1 is 1.23 bits per heavy atom. The number of rotatable bonds is 14. The number of ether oxygens (including phenoxy) is 1. The fourth-order valence-corrected chi connectivity index (χ4v) is 7.56. The second kappa shape index (κ2) is 16.8. The first-order valence-electron chi connectivity index (χ1n) is 15.1. The fourth-order valence-electron chi connectivity index (χ4n) is 7.09. The van der Waals surface area contributed by atoms with Gasteiger partial charge in [0.25, 0.3) is 0 Å². The van der Waals surface area contributed by atoms with E-state index in [2.05, 4.69) is 46.7 Å². The van der Waals surface area contributed by atoms with Crippen LogP contribution in [-0.4, -0.2) is 104 Å². The molecule has 3 N–H and O–H groups in total. The second-order valence-electron chi connectivity index (χ2n) is 12.0. The molecule has 4 atom stereocenters. The molecule has 1 radical (unpaired) electrons. The maximum atomic E-state index is 12.1. The number of thioether (sulfide) groups is 1. The average Bonchev–Trinajstić information content (AvgIpc) is 3.39. The van der Waals surface area contributed by atoms with E-state index in [0.717, 1.165) is 57.9 Å². The summed E-state index contributed by atoms with van der Waals surface area (Å²) in [6.45, 7) is 7.99. The van der Waals surface area contributed by atoms with Crippen molar-refractivity contribution in [3.63, 3.8) is 0 Å². The van der Waals surface area contributed by atoms with Gasteiger partial charge in [0.2, 0.25) is 0 Å². The van der Waals surface area contributed by atoms with E-state index < -0.39 is 12.0 Å². The number of carbonyl (C=O) groups is 1. The zero-order valence-corrected chi connectivity index (χ0v) is 25.6. The zero-order valence-electron chi connectivity index (χ0n) is 24.8. The van der Waals surface area contributed by atoms with Gasteiger partial charge in [0.05, 0.1) is 12.7 Å². The van der Waals surface area contributed by atoms with Gasteiger partial charge in [0.1, 0.15) is 6.04 Å². The molecular weight excluding hydrogens is 501 g/mol. The van der Waals surface area contributed by atoms with Crippen LogP contribution in [0.3, 0.4) is 0 Å². The first-order chi connectivity index (χ1) is 18.5. The number of nitrogens with zero attached hydrogens (tertiary/aromatic N) is 1. The Balaban J connectivity index is 0.00000420. The van der Waals surface area contributed by atoms with E-state index in [-0.39, 0.29) is 24.3 Å². The Labute approximate surface area is 253 Å². The molecule has 1 aliphatic carbocycles. The third-order valence-corrected chi connectivity index (χ3v) is 10.2. The molecule has 39 heavy (non-hydrogen) atoms. The van der Waals surface area contributed by atoms with E-state index >= 15 is 0 Å². The average molecular weight is 553 g/mol. The molecule has 0 spiro atoms. The monoisotopic (exact) mass is 552 g/mol. The minimum atomic E-state index is -0.727. The van der Waals surface area contributed by atoms with Crippen LogP contribution in [0.5, 0.6) is 0 Å². The fraction of sp³-hybridized carbons (Fsp3) is 0.774. The summed E-state index contributed by atoms with van der Waals surface area (Å²) in [5.74, 6) is 0.491. The standard InChI is InChI=1S/C31H51N3O3S.Li/c1-24-9-6-7-13-27(24)28-21-32-17-15-31(28,23-33-29(30(35)36)14-20-38-2)16-19-34-18-8-10-25(34)22-37-26-11-4-3-5-12-26;/h6-7,9,13,25-26,28-29,32-33H,3-5,8,10-12,14-23H2,1-2H3,(H,35,36);/t25-,28?,29-,31?;/m0./s1. The van der Waals surface area contributed by atoms with E-state index in [1.165, 1.54) is 56.1 Å². The maximum Gasteiger partial charge on any atom is 0.320 e. The molecule has 4 rings (SSSR count). The molecule has 2 heterocycles. The summed E-state index contributed by atoms with van der Waals surface area (Å²) in [6, 6.07) is 8.83. The summed E-state index contributed by atoms with van der Waals surface area (Å²) in [6.07, 6.45) is 14.3. The first kappa shape index (κ1) is 33.0. The predicted octanol–water partition coefficient (Wildman–Crippen LogP) is 4.68. The van der Waals surface area contributed by atoms with E-state index in [0.29, 0.717) is 24.5 Å². The molecule has 215 valence electrons. The minimum Gasteiger partial charge on any atom is -0.480 e. The Morgan fingerprint density at radius 3 is 2.77 bits per heavy atom. The van der Waals surface area contributed by atoms with Crippen molar-refractivity contribution in [2.75, 3.05) is 51.3 Å².